The molecule has 8 heteroatoms. The molecule has 0 amide bonds. The second-order valence-corrected chi connectivity index (χ2v) is 5.09. The van der Waals surface area contributed by atoms with Gasteiger partial charge in [0.2, 0.25) is 0 Å². The number of hydrogen-bond donors (Lipinski definition) is 0. The van der Waals surface area contributed by atoms with Crippen molar-refractivity contribution in [3.05, 3.63) is 57.6 Å². The predicted octanol–water partition coefficient (Wildman–Crippen LogP) is 2.59. The fraction of sp³-hybridized carbons (Fsp3) is 0.167. The molecule has 0 aliphatic heterocycles. The van der Waals surface area contributed by atoms with Gasteiger partial charge in [0.25, 0.3) is 5.69 Å². The number of carbonyl (C=O) groups excluding carboxylic acids is 1. The summed E-state index contributed by atoms with van der Waals surface area (Å²) >= 11 is 0. The molecule has 0 spiro atoms. The van der Waals surface area contributed by atoms with Gasteiger partial charge in [-0.2, -0.15) is 0 Å². The lowest BCUT2D eigenvalue weighted by molar-refractivity contribution is -0.398. The fourth-order valence-electron chi connectivity index (χ4n) is 2.26. The average molecular weight is 358 g/mol. The number of nitrogens with zero attached hydrogens (tertiary/aromatic N) is 1. The lowest BCUT2D eigenvalue weighted by Crippen LogP contribution is -2.02. The number of ketones is 1. The third kappa shape index (κ3) is 3.92. The molecule has 0 bridgehead atoms. The Morgan fingerprint density at radius 1 is 1.04 bits per heavy atom. The number of hydrogen-bond acceptors (Lipinski definition) is 7. The van der Waals surface area contributed by atoms with Crippen molar-refractivity contribution in [2.45, 2.75) is 0 Å². The third-order valence-electron chi connectivity index (χ3n) is 3.58. The van der Waals surface area contributed by atoms with Crippen molar-refractivity contribution in [1.29, 1.82) is 0 Å². The Morgan fingerprint density at radius 2 is 1.73 bits per heavy atom. The molecular formula is C18H16NO7-. The highest BCUT2D eigenvalue weighted by Gasteiger charge is 2.14. The Morgan fingerprint density at radius 3 is 2.31 bits per heavy atom. The van der Waals surface area contributed by atoms with E-state index in [0.717, 1.165) is 6.07 Å². The molecule has 8 nitrogen and oxygen atoms in total. The molecular weight excluding hydrogens is 342 g/mol. The zero-order valence-electron chi connectivity index (χ0n) is 14.3. The van der Waals surface area contributed by atoms with E-state index in [9.17, 15) is 20.0 Å². The maximum Gasteiger partial charge on any atom is 0.266 e. The van der Waals surface area contributed by atoms with Crippen LogP contribution in [0.3, 0.4) is 0 Å². The quantitative estimate of drug-likeness (QED) is 0.324. The molecule has 2 aromatic rings. The van der Waals surface area contributed by atoms with Gasteiger partial charge in [0, 0.05) is 17.9 Å². The van der Waals surface area contributed by atoms with Gasteiger partial charge >= 0.3 is 0 Å². The molecule has 0 heterocycles. The van der Waals surface area contributed by atoms with E-state index in [-0.39, 0.29) is 17.1 Å². The molecule has 0 saturated carbocycles. The van der Waals surface area contributed by atoms with E-state index in [1.54, 1.807) is 18.2 Å². The minimum atomic E-state index is -0.821. The van der Waals surface area contributed by atoms with Gasteiger partial charge in [0.15, 0.2) is 5.78 Å². The van der Waals surface area contributed by atoms with Crippen LogP contribution in [0, 0.1) is 10.1 Å². The SMILES string of the molecule is COc1ccc(C(=O)/C=C/c2cc(OC)c([O-])c([N+](=O)[O-])c2)c(OC)c1. The van der Waals surface area contributed by atoms with Crippen LogP contribution < -0.4 is 19.3 Å². The highest BCUT2D eigenvalue weighted by molar-refractivity contribution is 6.08. The van der Waals surface area contributed by atoms with E-state index in [2.05, 4.69) is 0 Å². The summed E-state index contributed by atoms with van der Waals surface area (Å²) < 4.78 is 15.1. The highest BCUT2D eigenvalue weighted by atomic mass is 16.6. The topological polar surface area (TPSA) is 111 Å². The second-order valence-electron chi connectivity index (χ2n) is 5.09. The normalized spacial score (nSPS) is 10.6. The van der Waals surface area contributed by atoms with Crippen molar-refractivity contribution in [3.63, 3.8) is 0 Å². The van der Waals surface area contributed by atoms with E-state index in [1.807, 2.05) is 0 Å². The van der Waals surface area contributed by atoms with Crippen molar-refractivity contribution >= 4 is 17.5 Å². The Kier molecular flexibility index (Phi) is 5.79. The number of methoxy groups -OCH3 is 3. The molecule has 0 aliphatic carbocycles. The van der Waals surface area contributed by atoms with Crippen molar-refractivity contribution in [2.24, 2.45) is 0 Å². The number of allylic oxidation sites excluding steroid dienone is 1. The van der Waals surface area contributed by atoms with Crippen LogP contribution in [-0.4, -0.2) is 32.0 Å². The second kappa shape index (κ2) is 8.02. The van der Waals surface area contributed by atoms with Gasteiger partial charge in [-0.05, 0) is 29.8 Å². The molecule has 0 unspecified atom stereocenters. The molecule has 0 N–H and O–H groups in total. The summed E-state index contributed by atoms with van der Waals surface area (Å²) in [6.45, 7) is 0. The lowest BCUT2D eigenvalue weighted by Gasteiger charge is -2.13. The standard InChI is InChI=1S/C18H17NO7/c1-24-12-5-6-13(16(10-12)25-2)15(20)7-4-11-8-14(19(22)23)18(21)17(9-11)26-3/h4-10,21H,1-3H3/p-1/b7-4+. The summed E-state index contributed by atoms with van der Waals surface area (Å²) in [6, 6.07) is 7.14. The Balaban J connectivity index is 2.36. The minimum Gasteiger partial charge on any atom is -0.865 e. The summed E-state index contributed by atoms with van der Waals surface area (Å²) in [4.78, 5) is 22.6. The smallest absolute Gasteiger partial charge is 0.266 e. The Bertz CT molecular complexity index is 874. The average Bonchev–Trinajstić information content (AvgIpc) is 2.65. The minimum absolute atomic E-state index is 0.173. The molecule has 136 valence electrons. The predicted molar refractivity (Wildman–Crippen MR) is 92.0 cm³/mol. The molecule has 2 aromatic carbocycles. The molecule has 26 heavy (non-hydrogen) atoms. The van der Waals surface area contributed by atoms with Crippen molar-refractivity contribution in [1.82, 2.24) is 0 Å². The van der Waals surface area contributed by atoms with E-state index < -0.39 is 16.4 Å². The maximum absolute atomic E-state index is 12.4. The molecule has 0 aliphatic rings. The highest BCUT2D eigenvalue weighted by Crippen LogP contribution is 2.35. The first-order chi connectivity index (χ1) is 12.4. The number of rotatable bonds is 7. The van der Waals surface area contributed by atoms with Gasteiger partial charge in [-0.25, -0.2) is 0 Å². The van der Waals surface area contributed by atoms with Gasteiger partial charge in [-0.15, -0.1) is 0 Å². The van der Waals surface area contributed by atoms with Gasteiger partial charge in [-0.1, -0.05) is 6.08 Å². The summed E-state index contributed by atoms with van der Waals surface area (Å²) in [5.41, 5.74) is -0.0427. The van der Waals surface area contributed by atoms with Crippen LogP contribution >= 0.6 is 0 Å². The van der Waals surface area contributed by atoms with Crippen LogP contribution in [0.25, 0.3) is 6.08 Å². The van der Waals surface area contributed by atoms with E-state index in [1.165, 1.54) is 39.5 Å². The Hall–Kier alpha value is -3.55. The molecule has 0 saturated heterocycles. The summed E-state index contributed by atoms with van der Waals surface area (Å²) in [7, 11) is 4.16. The number of ether oxygens (including phenoxy) is 3. The van der Waals surface area contributed by atoms with Crippen molar-refractivity contribution in [3.8, 4) is 23.0 Å². The number of nitro groups is 1. The number of benzene rings is 2. The van der Waals surface area contributed by atoms with Gasteiger partial charge in [0.1, 0.15) is 17.2 Å². The van der Waals surface area contributed by atoms with Crippen LogP contribution in [0.4, 0.5) is 5.69 Å². The van der Waals surface area contributed by atoms with Crippen LogP contribution in [0.15, 0.2) is 36.4 Å². The number of nitro benzene ring substituents is 1. The summed E-state index contributed by atoms with van der Waals surface area (Å²) in [5, 5.41) is 22.8. The molecule has 0 radical (unpaired) electrons. The summed E-state index contributed by atoms with van der Waals surface area (Å²) in [6.07, 6.45) is 2.59. The van der Waals surface area contributed by atoms with E-state index >= 15 is 0 Å². The first kappa shape index (κ1) is 18.8. The van der Waals surface area contributed by atoms with Crippen molar-refractivity contribution < 1.29 is 29.0 Å². The monoisotopic (exact) mass is 358 g/mol. The molecule has 0 fully saturated rings. The largest absolute Gasteiger partial charge is 0.865 e. The zero-order chi connectivity index (χ0) is 19.3. The van der Waals surface area contributed by atoms with Crippen LogP contribution in [0.5, 0.6) is 23.0 Å². The molecule has 2 rings (SSSR count). The molecule has 0 atom stereocenters. The van der Waals surface area contributed by atoms with E-state index in [4.69, 9.17) is 14.2 Å². The summed E-state index contributed by atoms with van der Waals surface area (Å²) in [5.74, 6) is -0.505. The van der Waals surface area contributed by atoms with Crippen LogP contribution in [0.2, 0.25) is 0 Å². The first-order valence-corrected chi connectivity index (χ1v) is 7.39. The lowest BCUT2D eigenvalue weighted by atomic mass is 10.1. The Labute approximate surface area is 149 Å². The van der Waals surface area contributed by atoms with Crippen molar-refractivity contribution in [2.75, 3.05) is 21.3 Å². The number of carbonyl (C=O) groups is 1. The van der Waals surface area contributed by atoms with E-state index in [0.29, 0.717) is 17.1 Å². The molecule has 0 aromatic heterocycles. The van der Waals surface area contributed by atoms with Gasteiger partial charge in [0.05, 0.1) is 31.8 Å². The van der Waals surface area contributed by atoms with Crippen LogP contribution in [-0.2, 0) is 0 Å². The van der Waals surface area contributed by atoms with Gasteiger partial charge < -0.3 is 19.3 Å². The maximum atomic E-state index is 12.4. The third-order valence-corrected chi connectivity index (χ3v) is 3.58. The fourth-order valence-corrected chi connectivity index (χ4v) is 2.26. The zero-order valence-corrected chi connectivity index (χ0v) is 14.3. The van der Waals surface area contributed by atoms with Gasteiger partial charge in [-0.3, -0.25) is 14.9 Å². The first-order valence-electron chi connectivity index (χ1n) is 7.39. The van der Waals surface area contributed by atoms with Crippen LogP contribution in [0.1, 0.15) is 15.9 Å².